The zero-order valence-corrected chi connectivity index (χ0v) is 9.53. The van der Waals surface area contributed by atoms with Crippen LogP contribution in [0, 0.1) is 0 Å². The smallest absolute Gasteiger partial charge is 0.242 e. The van der Waals surface area contributed by atoms with Crippen molar-refractivity contribution < 1.29 is 8.42 Å². The molecular formula is C7H11N7O2S. The van der Waals surface area contributed by atoms with E-state index in [-0.39, 0.29) is 23.8 Å². The van der Waals surface area contributed by atoms with E-state index >= 15 is 0 Å². The van der Waals surface area contributed by atoms with Crippen LogP contribution >= 0.6 is 0 Å². The van der Waals surface area contributed by atoms with Crippen LogP contribution in [0.3, 0.4) is 0 Å². The standard InChI is InChI=1S/C7H11N7O2S/c8-2-5-1-6(3-9-5)17(15,16)10-4-7-11-13-14-12-7/h1,3,9-10H,2,4,8H2,(H,11,12,13,14). The Morgan fingerprint density at radius 2 is 2.29 bits per heavy atom. The molecule has 17 heavy (non-hydrogen) atoms. The molecule has 2 heterocycles. The van der Waals surface area contributed by atoms with Gasteiger partial charge in [-0.2, -0.15) is 5.21 Å². The van der Waals surface area contributed by atoms with E-state index in [1.165, 1.54) is 12.3 Å². The minimum atomic E-state index is -3.58. The Labute approximate surface area is 96.9 Å². The monoisotopic (exact) mass is 257 g/mol. The number of nitrogens with one attached hydrogen (secondary N) is 3. The fourth-order valence-electron chi connectivity index (χ4n) is 1.19. The van der Waals surface area contributed by atoms with Crippen molar-refractivity contribution in [2.45, 2.75) is 18.0 Å². The lowest BCUT2D eigenvalue weighted by molar-refractivity contribution is 0.579. The number of nitrogens with zero attached hydrogens (tertiary/aromatic N) is 3. The van der Waals surface area contributed by atoms with Crippen LogP contribution in [0.1, 0.15) is 11.5 Å². The molecule has 0 fully saturated rings. The van der Waals surface area contributed by atoms with Crippen LogP contribution in [0.4, 0.5) is 0 Å². The van der Waals surface area contributed by atoms with Gasteiger partial charge in [0, 0.05) is 18.4 Å². The van der Waals surface area contributed by atoms with Gasteiger partial charge in [0.2, 0.25) is 10.0 Å². The normalized spacial score (nSPS) is 11.8. The molecular weight excluding hydrogens is 246 g/mol. The van der Waals surface area contributed by atoms with Crippen molar-refractivity contribution in [1.82, 2.24) is 30.3 Å². The summed E-state index contributed by atoms with van der Waals surface area (Å²) in [5.74, 6) is 0.267. The van der Waals surface area contributed by atoms with Gasteiger partial charge in [0.1, 0.15) is 0 Å². The zero-order chi connectivity index (χ0) is 12.3. The summed E-state index contributed by atoms with van der Waals surface area (Å²) in [6.45, 7) is 0.225. The molecule has 0 radical (unpaired) electrons. The molecule has 2 rings (SSSR count). The summed E-state index contributed by atoms with van der Waals surface area (Å²) in [4.78, 5) is 2.89. The van der Waals surface area contributed by atoms with Gasteiger partial charge >= 0.3 is 0 Å². The number of nitrogens with two attached hydrogens (primary N) is 1. The predicted octanol–water partition coefficient (Wildman–Crippen LogP) is -1.53. The summed E-state index contributed by atoms with van der Waals surface area (Å²) in [6, 6.07) is 1.47. The third kappa shape index (κ3) is 2.67. The number of rotatable bonds is 5. The maximum atomic E-state index is 11.8. The summed E-state index contributed by atoms with van der Waals surface area (Å²) >= 11 is 0. The Hall–Kier alpha value is -1.78. The lowest BCUT2D eigenvalue weighted by Gasteiger charge is -2.01. The van der Waals surface area contributed by atoms with Crippen molar-refractivity contribution in [2.75, 3.05) is 0 Å². The van der Waals surface area contributed by atoms with Crippen molar-refractivity contribution in [1.29, 1.82) is 0 Å². The van der Waals surface area contributed by atoms with E-state index in [2.05, 4.69) is 30.3 Å². The molecule has 0 aromatic carbocycles. The lowest BCUT2D eigenvalue weighted by Crippen LogP contribution is -2.23. The molecule has 10 heteroatoms. The highest BCUT2D eigenvalue weighted by Gasteiger charge is 2.16. The average Bonchev–Trinajstić information content (AvgIpc) is 2.98. The molecule has 0 amide bonds. The van der Waals surface area contributed by atoms with Crippen molar-refractivity contribution in [3.05, 3.63) is 23.8 Å². The second-order valence-corrected chi connectivity index (χ2v) is 4.98. The van der Waals surface area contributed by atoms with E-state index in [1.807, 2.05) is 0 Å². The molecule has 2 aromatic heterocycles. The highest BCUT2D eigenvalue weighted by molar-refractivity contribution is 7.89. The van der Waals surface area contributed by atoms with E-state index in [4.69, 9.17) is 5.73 Å². The Balaban J connectivity index is 2.08. The Morgan fingerprint density at radius 1 is 1.47 bits per heavy atom. The topological polar surface area (TPSA) is 142 Å². The molecule has 0 aliphatic rings. The Kier molecular flexibility index (Phi) is 3.17. The van der Waals surface area contributed by atoms with E-state index in [9.17, 15) is 8.42 Å². The summed E-state index contributed by atoms with van der Waals surface area (Å²) in [5, 5.41) is 12.8. The molecule has 9 nitrogen and oxygen atoms in total. The van der Waals surface area contributed by atoms with Gasteiger partial charge in [0.15, 0.2) is 5.82 Å². The maximum absolute atomic E-state index is 11.8. The summed E-state index contributed by atoms with van der Waals surface area (Å²) in [5.41, 5.74) is 6.02. The van der Waals surface area contributed by atoms with Gasteiger partial charge in [0.05, 0.1) is 11.4 Å². The second kappa shape index (κ2) is 4.61. The third-order valence-electron chi connectivity index (χ3n) is 2.06. The van der Waals surface area contributed by atoms with Crippen LogP contribution in [0.5, 0.6) is 0 Å². The molecule has 0 unspecified atom stereocenters. The number of hydrogen-bond donors (Lipinski definition) is 4. The lowest BCUT2D eigenvalue weighted by atomic mass is 10.4. The quantitative estimate of drug-likeness (QED) is 0.511. The van der Waals surface area contributed by atoms with Crippen molar-refractivity contribution in [3.8, 4) is 0 Å². The number of aromatic nitrogens is 5. The summed E-state index contributed by atoms with van der Waals surface area (Å²) in [7, 11) is -3.58. The molecule has 0 atom stereocenters. The van der Waals surface area contributed by atoms with E-state index in [1.54, 1.807) is 0 Å². The van der Waals surface area contributed by atoms with Crippen molar-refractivity contribution >= 4 is 10.0 Å². The molecule has 2 aromatic rings. The molecule has 0 aliphatic carbocycles. The van der Waals surface area contributed by atoms with E-state index in [0.717, 1.165) is 0 Å². The van der Waals surface area contributed by atoms with Crippen LogP contribution in [0.2, 0.25) is 0 Å². The SMILES string of the molecule is NCc1cc(S(=O)(=O)NCc2nn[nH]n2)c[nH]1. The zero-order valence-electron chi connectivity index (χ0n) is 8.71. The number of aromatic amines is 2. The van der Waals surface area contributed by atoms with E-state index in [0.29, 0.717) is 5.69 Å². The van der Waals surface area contributed by atoms with Gasteiger partial charge in [-0.25, -0.2) is 13.1 Å². The molecule has 0 saturated heterocycles. The number of hydrogen-bond acceptors (Lipinski definition) is 6. The second-order valence-electron chi connectivity index (χ2n) is 3.22. The average molecular weight is 257 g/mol. The van der Waals surface area contributed by atoms with Crippen LogP contribution < -0.4 is 10.5 Å². The van der Waals surface area contributed by atoms with Gasteiger partial charge in [-0.15, -0.1) is 10.2 Å². The Bertz CT molecular complexity index is 573. The fraction of sp³-hybridized carbons (Fsp3) is 0.286. The number of sulfonamides is 1. The molecule has 92 valence electrons. The van der Waals surface area contributed by atoms with Gasteiger partial charge in [-0.05, 0) is 6.07 Å². The highest BCUT2D eigenvalue weighted by atomic mass is 32.2. The number of tetrazole rings is 1. The summed E-state index contributed by atoms with van der Waals surface area (Å²) in [6.07, 6.45) is 1.38. The minimum Gasteiger partial charge on any atom is -0.363 e. The Morgan fingerprint density at radius 3 is 2.88 bits per heavy atom. The fourth-order valence-corrected chi connectivity index (χ4v) is 2.19. The first-order valence-electron chi connectivity index (χ1n) is 4.71. The summed E-state index contributed by atoms with van der Waals surface area (Å²) < 4.78 is 25.9. The third-order valence-corrected chi connectivity index (χ3v) is 3.44. The minimum absolute atomic E-state index is 0.0258. The molecule has 0 bridgehead atoms. The largest absolute Gasteiger partial charge is 0.363 e. The molecule has 0 spiro atoms. The van der Waals surface area contributed by atoms with Gasteiger partial charge in [0.25, 0.3) is 0 Å². The van der Waals surface area contributed by atoms with E-state index < -0.39 is 10.0 Å². The number of H-pyrrole nitrogens is 2. The highest BCUT2D eigenvalue weighted by Crippen LogP contribution is 2.10. The van der Waals surface area contributed by atoms with Crippen LogP contribution in [0.25, 0.3) is 0 Å². The first-order valence-corrected chi connectivity index (χ1v) is 6.19. The van der Waals surface area contributed by atoms with Gasteiger partial charge in [-0.3, -0.25) is 0 Å². The first-order chi connectivity index (χ1) is 8.12. The van der Waals surface area contributed by atoms with Crippen LogP contribution in [0.15, 0.2) is 17.2 Å². The predicted molar refractivity (Wildman–Crippen MR) is 56.9 cm³/mol. The first kappa shape index (κ1) is 11.7. The molecule has 0 saturated carbocycles. The van der Waals surface area contributed by atoms with Crippen LogP contribution in [-0.2, 0) is 23.1 Å². The van der Waals surface area contributed by atoms with Gasteiger partial charge in [-0.1, -0.05) is 5.21 Å². The van der Waals surface area contributed by atoms with Crippen LogP contribution in [-0.4, -0.2) is 34.0 Å². The molecule has 0 aliphatic heterocycles. The molecule has 5 N–H and O–H groups in total. The van der Waals surface area contributed by atoms with Crippen molar-refractivity contribution in [2.24, 2.45) is 5.73 Å². The van der Waals surface area contributed by atoms with Crippen molar-refractivity contribution in [3.63, 3.8) is 0 Å². The maximum Gasteiger partial charge on any atom is 0.242 e. The van der Waals surface area contributed by atoms with Gasteiger partial charge < -0.3 is 10.7 Å².